The van der Waals surface area contributed by atoms with Crippen LogP contribution in [-0.2, 0) is 16.0 Å². The van der Waals surface area contributed by atoms with Crippen molar-refractivity contribution in [2.45, 2.75) is 56.5 Å². The molecule has 0 aliphatic heterocycles. The number of ketones is 1. The van der Waals surface area contributed by atoms with Crippen molar-refractivity contribution >= 4 is 23.2 Å². The number of carbonyl (C=O) groups is 2. The molecule has 1 fully saturated rings. The minimum absolute atomic E-state index is 0.0358. The molecular formula is C41H43N5O2. The lowest BCUT2D eigenvalue weighted by molar-refractivity contribution is -0.130. The van der Waals surface area contributed by atoms with Crippen LogP contribution in [0.4, 0.5) is 11.5 Å². The lowest BCUT2D eigenvalue weighted by atomic mass is 9.77. The Hall–Kier alpha value is -5.14. The first-order valence-electron chi connectivity index (χ1n) is 16.9. The fourth-order valence-corrected chi connectivity index (χ4v) is 7.19. The van der Waals surface area contributed by atoms with E-state index in [4.69, 9.17) is 10.7 Å². The standard InChI is InChI=1S/C41H43N5O2/c1-28(30-17-6-3-7-18-30)38(36-23-10-12-25-43-36)39(46-37-24-11-13-26-44-37)33-19-8-9-22-35(33)45-41(48)32-21-14-20-31(32)40(47)34(42)27-29-15-4-2-5-16-29/h2-13,15-19,22-26,28,31-32,34,38-39H,14,20-21,27,42H2,1H3,(H,44,46)(H,45,48)/t28?,31?,32?,34-,38+,39-/m0/s1. The summed E-state index contributed by atoms with van der Waals surface area (Å²) in [4.78, 5) is 37.2. The number of hydrogen-bond donors (Lipinski definition) is 3. The Labute approximate surface area is 283 Å². The maximum absolute atomic E-state index is 14.1. The molecule has 1 saturated carbocycles. The number of aromatic nitrogens is 2. The van der Waals surface area contributed by atoms with Gasteiger partial charge in [0.2, 0.25) is 5.91 Å². The molecule has 6 rings (SSSR count). The Kier molecular flexibility index (Phi) is 10.7. The van der Waals surface area contributed by atoms with E-state index in [-0.39, 0.29) is 29.6 Å². The van der Waals surface area contributed by atoms with Crippen molar-refractivity contribution in [3.05, 3.63) is 156 Å². The van der Waals surface area contributed by atoms with Gasteiger partial charge >= 0.3 is 0 Å². The number of anilines is 2. The van der Waals surface area contributed by atoms with Crippen molar-refractivity contribution < 1.29 is 9.59 Å². The van der Waals surface area contributed by atoms with Gasteiger partial charge in [-0.1, -0.05) is 104 Å². The number of para-hydroxylation sites is 1. The lowest BCUT2D eigenvalue weighted by Crippen LogP contribution is -2.41. The van der Waals surface area contributed by atoms with Crippen LogP contribution in [0.3, 0.4) is 0 Å². The molecule has 244 valence electrons. The number of nitrogens with one attached hydrogen (secondary N) is 2. The van der Waals surface area contributed by atoms with Gasteiger partial charge in [0, 0.05) is 41.5 Å². The number of pyridine rings is 2. The molecule has 4 N–H and O–H groups in total. The Morgan fingerprint density at radius 1 is 0.771 bits per heavy atom. The van der Waals surface area contributed by atoms with Crippen LogP contribution >= 0.6 is 0 Å². The van der Waals surface area contributed by atoms with E-state index in [2.05, 4.69) is 58.9 Å². The van der Waals surface area contributed by atoms with Crippen LogP contribution in [-0.4, -0.2) is 27.7 Å². The summed E-state index contributed by atoms with van der Waals surface area (Å²) in [5.74, 6) is -0.390. The molecule has 0 saturated heterocycles. The summed E-state index contributed by atoms with van der Waals surface area (Å²) >= 11 is 0. The number of benzene rings is 3. The van der Waals surface area contributed by atoms with E-state index in [9.17, 15) is 9.59 Å². The monoisotopic (exact) mass is 637 g/mol. The van der Waals surface area contributed by atoms with E-state index in [1.165, 1.54) is 5.56 Å². The Morgan fingerprint density at radius 2 is 1.42 bits per heavy atom. The minimum Gasteiger partial charge on any atom is -0.362 e. The molecule has 2 heterocycles. The summed E-state index contributed by atoms with van der Waals surface area (Å²) in [6, 6.07) is 39.0. The van der Waals surface area contributed by atoms with Crippen molar-refractivity contribution in [2.24, 2.45) is 17.6 Å². The molecule has 6 atom stereocenters. The second-order valence-corrected chi connectivity index (χ2v) is 12.7. The highest BCUT2D eigenvalue weighted by molar-refractivity contribution is 5.98. The van der Waals surface area contributed by atoms with Crippen LogP contribution in [0.25, 0.3) is 0 Å². The van der Waals surface area contributed by atoms with E-state index in [0.29, 0.717) is 24.9 Å². The zero-order valence-corrected chi connectivity index (χ0v) is 27.3. The van der Waals surface area contributed by atoms with Crippen molar-refractivity contribution in [3.8, 4) is 0 Å². The summed E-state index contributed by atoms with van der Waals surface area (Å²) in [7, 11) is 0. The van der Waals surface area contributed by atoms with Crippen LogP contribution in [0.15, 0.2) is 134 Å². The lowest BCUT2D eigenvalue weighted by Gasteiger charge is -2.34. The third-order valence-corrected chi connectivity index (χ3v) is 9.66. The molecule has 1 amide bonds. The quantitative estimate of drug-likeness (QED) is 0.122. The fourth-order valence-electron chi connectivity index (χ4n) is 7.19. The third kappa shape index (κ3) is 7.69. The molecule has 3 aromatic carbocycles. The average molecular weight is 638 g/mol. The van der Waals surface area contributed by atoms with Gasteiger partial charge in [0.05, 0.1) is 12.1 Å². The summed E-state index contributed by atoms with van der Waals surface area (Å²) in [5.41, 5.74) is 11.2. The summed E-state index contributed by atoms with van der Waals surface area (Å²) in [6.07, 6.45) is 6.19. The van der Waals surface area contributed by atoms with Crippen molar-refractivity contribution in [3.63, 3.8) is 0 Å². The molecular weight excluding hydrogens is 594 g/mol. The Bertz CT molecular complexity index is 1770. The zero-order valence-electron chi connectivity index (χ0n) is 27.3. The first-order valence-corrected chi connectivity index (χ1v) is 16.9. The number of hydrogen-bond acceptors (Lipinski definition) is 6. The molecule has 0 bridgehead atoms. The van der Waals surface area contributed by atoms with Crippen molar-refractivity contribution in [2.75, 3.05) is 10.6 Å². The minimum atomic E-state index is -0.649. The molecule has 5 aromatic rings. The first kappa shape index (κ1) is 32.8. The maximum atomic E-state index is 14.1. The highest BCUT2D eigenvalue weighted by Gasteiger charge is 2.40. The number of Topliss-reactive ketones (excluding diaryl/α,β-unsaturated/α-hetero) is 1. The highest BCUT2D eigenvalue weighted by atomic mass is 16.2. The van der Waals surface area contributed by atoms with Gasteiger partial charge in [0.15, 0.2) is 5.78 Å². The van der Waals surface area contributed by atoms with E-state index < -0.39 is 17.9 Å². The summed E-state index contributed by atoms with van der Waals surface area (Å²) in [5, 5.41) is 6.98. The van der Waals surface area contributed by atoms with Gasteiger partial charge in [0.1, 0.15) is 5.82 Å². The number of nitrogens with zero attached hydrogens (tertiary/aromatic N) is 2. The SMILES string of the molecule is CC(c1ccccc1)[C@H](c1ccccn1)[C@@H](Nc1ccccn1)c1ccccc1NC(=O)C1CCCC1C(=O)[C@@H](N)Cc1ccccc1. The van der Waals surface area contributed by atoms with Gasteiger partial charge in [-0.2, -0.15) is 0 Å². The Balaban J connectivity index is 1.32. The van der Waals surface area contributed by atoms with Gasteiger partial charge in [-0.25, -0.2) is 4.98 Å². The highest BCUT2D eigenvalue weighted by Crippen LogP contribution is 2.45. The second-order valence-electron chi connectivity index (χ2n) is 12.7. The Morgan fingerprint density at radius 3 is 2.12 bits per heavy atom. The maximum Gasteiger partial charge on any atom is 0.228 e. The first-order chi connectivity index (χ1) is 23.5. The van der Waals surface area contributed by atoms with Crippen LogP contribution in [0.2, 0.25) is 0 Å². The van der Waals surface area contributed by atoms with E-state index in [0.717, 1.165) is 29.1 Å². The van der Waals surface area contributed by atoms with Crippen LogP contribution < -0.4 is 16.4 Å². The molecule has 1 aliphatic carbocycles. The predicted molar refractivity (Wildman–Crippen MR) is 191 cm³/mol. The molecule has 0 radical (unpaired) electrons. The van der Waals surface area contributed by atoms with Crippen LogP contribution in [0.1, 0.15) is 66.4 Å². The zero-order chi connectivity index (χ0) is 33.3. The smallest absolute Gasteiger partial charge is 0.228 e. The predicted octanol–water partition coefficient (Wildman–Crippen LogP) is 7.71. The normalized spacial score (nSPS) is 18.3. The van der Waals surface area contributed by atoms with Crippen molar-refractivity contribution in [1.29, 1.82) is 0 Å². The van der Waals surface area contributed by atoms with Crippen LogP contribution in [0.5, 0.6) is 0 Å². The topological polar surface area (TPSA) is 110 Å². The third-order valence-electron chi connectivity index (χ3n) is 9.66. The van der Waals surface area contributed by atoms with Gasteiger partial charge in [-0.3, -0.25) is 14.6 Å². The van der Waals surface area contributed by atoms with E-state index >= 15 is 0 Å². The molecule has 1 aliphatic rings. The largest absolute Gasteiger partial charge is 0.362 e. The van der Waals surface area contributed by atoms with Gasteiger partial charge < -0.3 is 16.4 Å². The molecule has 7 nitrogen and oxygen atoms in total. The second kappa shape index (κ2) is 15.6. The molecule has 2 aromatic heterocycles. The molecule has 48 heavy (non-hydrogen) atoms. The average Bonchev–Trinajstić information content (AvgIpc) is 3.63. The van der Waals surface area contributed by atoms with Crippen LogP contribution in [0, 0.1) is 11.8 Å². The molecule has 7 heteroatoms. The number of carbonyl (C=O) groups excluding carboxylic acids is 2. The summed E-state index contributed by atoms with van der Waals surface area (Å²) < 4.78 is 0. The van der Waals surface area contributed by atoms with Crippen molar-refractivity contribution in [1.82, 2.24) is 9.97 Å². The van der Waals surface area contributed by atoms with Gasteiger partial charge in [0.25, 0.3) is 0 Å². The van der Waals surface area contributed by atoms with E-state index in [1.54, 1.807) is 6.20 Å². The fraction of sp³-hybridized carbons (Fsp3) is 0.268. The van der Waals surface area contributed by atoms with Gasteiger partial charge in [-0.15, -0.1) is 0 Å². The molecule has 0 spiro atoms. The summed E-state index contributed by atoms with van der Waals surface area (Å²) in [6.45, 7) is 2.22. The van der Waals surface area contributed by atoms with Gasteiger partial charge in [-0.05, 0) is 72.2 Å². The molecule has 3 unspecified atom stereocenters. The number of rotatable bonds is 13. The number of amides is 1. The van der Waals surface area contributed by atoms with E-state index in [1.807, 2.05) is 91.1 Å². The number of nitrogens with two attached hydrogens (primary N) is 1.